The van der Waals surface area contributed by atoms with Gasteiger partial charge in [-0.25, -0.2) is 0 Å². The van der Waals surface area contributed by atoms with Gasteiger partial charge in [0.1, 0.15) is 0 Å². The zero-order valence-electron chi connectivity index (χ0n) is 12.0. The van der Waals surface area contributed by atoms with E-state index in [1.165, 1.54) is 0 Å². The van der Waals surface area contributed by atoms with Crippen LogP contribution in [0.5, 0.6) is 0 Å². The molecule has 0 atom stereocenters. The third-order valence-corrected chi connectivity index (χ3v) is 3.40. The van der Waals surface area contributed by atoms with Crippen LogP contribution in [-0.2, 0) is 4.74 Å². The Hall–Kier alpha value is -0.630. The van der Waals surface area contributed by atoms with Crippen molar-refractivity contribution in [3.05, 3.63) is 15.9 Å². The van der Waals surface area contributed by atoms with Gasteiger partial charge in [0.2, 0.25) is 0 Å². The number of methoxy groups -OCH3 is 1. The number of nitrogens with zero attached hydrogens (tertiary/aromatic N) is 1. The number of ether oxygens (including phenoxy) is 1. The van der Waals surface area contributed by atoms with Gasteiger partial charge in [-0.2, -0.15) is 5.10 Å². The van der Waals surface area contributed by atoms with Gasteiger partial charge in [-0.1, -0.05) is 13.8 Å². The monoisotopic (exact) mass is 368 g/mol. The van der Waals surface area contributed by atoms with E-state index < -0.39 is 0 Å². The predicted molar refractivity (Wildman–Crippen MR) is 84.7 cm³/mol. The smallest absolute Gasteiger partial charge is 0.273 e. The van der Waals surface area contributed by atoms with Crippen molar-refractivity contribution < 1.29 is 9.53 Å². The fourth-order valence-electron chi connectivity index (χ4n) is 1.52. The molecule has 0 saturated heterocycles. The van der Waals surface area contributed by atoms with E-state index in [9.17, 15) is 4.79 Å². The Labute approximate surface area is 134 Å². The van der Waals surface area contributed by atoms with E-state index >= 15 is 0 Å². The number of carbonyl (C=O) groups is 1. The standard InChI is InChI=1S/C12H21BrN4O2.ClH/c1-8(2)10-9(13)11(17-16-10)12(18)15-5-4-14-6-7-19-3;/h8,14H,4-7H2,1-3H3,(H,15,18)(H,16,17);1H. The van der Waals surface area contributed by atoms with Gasteiger partial charge in [-0.3, -0.25) is 9.89 Å². The first-order valence-corrected chi connectivity index (χ1v) is 7.08. The van der Waals surface area contributed by atoms with Crippen molar-refractivity contribution in [1.29, 1.82) is 0 Å². The molecule has 0 aliphatic rings. The van der Waals surface area contributed by atoms with Crippen LogP contribution in [-0.4, -0.2) is 49.5 Å². The molecule has 8 heteroatoms. The number of H-pyrrole nitrogens is 1. The lowest BCUT2D eigenvalue weighted by Gasteiger charge is -2.05. The Kier molecular flexibility index (Phi) is 9.83. The first kappa shape index (κ1) is 19.4. The van der Waals surface area contributed by atoms with Crippen molar-refractivity contribution in [2.45, 2.75) is 19.8 Å². The van der Waals surface area contributed by atoms with Crippen molar-refractivity contribution in [3.63, 3.8) is 0 Å². The summed E-state index contributed by atoms with van der Waals surface area (Å²) in [7, 11) is 1.66. The number of amides is 1. The lowest BCUT2D eigenvalue weighted by atomic mass is 10.1. The summed E-state index contributed by atoms with van der Waals surface area (Å²) in [5.74, 6) is 0.114. The molecule has 116 valence electrons. The third kappa shape index (κ3) is 5.78. The minimum Gasteiger partial charge on any atom is -0.383 e. The summed E-state index contributed by atoms with van der Waals surface area (Å²) in [5.41, 5.74) is 1.34. The van der Waals surface area contributed by atoms with Gasteiger partial charge in [0, 0.05) is 26.7 Å². The van der Waals surface area contributed by atoms with Crippen LogP contribution in [0.3, 0.4) is 0 Å². The van der Waals surface area contributed by atoms with E-state index in [4.69, 9.17) is 4.74 Å². The first-order chi connectivity index (χ1) is 9.07. The summed E-state index contributed by atoms with van der Waals surface area (Å²) in [6.45, 7) is 6.78. The molecule has 1 aromatic heterocycles. The molecule has 0 aromatic carbocycles. The molecule has 1 heterocycles. The summed E-state index contributed by atoms with van der Waals surface area (Å²) in [4.78, 5) is 11.9. The number of halogens is 2. The van der Waals surface area contributed by atoms with Crippen LogP contribution < -0.4 is 10.6 Å². The number of hydrogen-bond donors (Lipinski definition) is 3. The molecule has 3 N–H and O–H groups in total. The molecule has 0 unspecified atom stereocenters. The highest BCUT2D eigenvalue weighted by atomic mass is 79.9. The second kappa shape index (κ2) is 10.1. The number of carbonyl (C=O) groups excluding carboxylic acids is 1. The van der Waals surface area contributed by atoms with E-state index in [0.29, 0.717) is 31.3 Å². The average molecular weight is 370 g/mol. The zero-order chi connectivity index (χ0) is 14.3. The van der Waals surface area contributed by atoms with E-state index in [2.05, 4.69) is 36.8 Å². The number of aromatic amines is 1. The fourth-order valence-corrected chi connectivity index (χ4v) is 2.34. The lowest BCUT2D eigenvalue weighted by Crippen LogP contribution is -2.33. The Balaban J connectivity index is 0.00000361. The van der Waals surface area contributed by atoms with E-state index in [0.717, 1.165) is 16.7 Å². The Morgan fingerprint density at radius 2 is 2.10 bits per heavy atom. The van der Waals surface area contributed by atoms with Crippen LogP contribution in [0.25, 0.3) is 0 Å². The van der Waals surface area contributed by atoms with Crippen molar-refractivity contribution >= 4 is 34.2 Å². The number of aromatic nitrogens is 2. The van der Waals surface area contributed by atoms with Crippen LogP contribution in [0.1, 0.15) is 35.9 Å². The quantitative estimate of drug-likeness (QED) is 0.609. The summed E-state index contributed by atoms with van der Waals surface area (Å²) in [5, 5.41) is 12.9. The molecular weight excluding hydrogens is 348 g/mol. The number of hydrogen-bond acceptors (Lipinski definition) is 4. The van der Waals surface area contributed by atoms with Crippen LogP contribution in [0.15, 0.2) is 4.47 Å². The minimum atomic E-state index is -0.177. The van der Waals surface area contributed by atoms with Gasteiger partial charge in [0.15, 0.2) is 5.69 Å². The largest absolute Gasteiger partial charge is 0.383 e. The van der Waals surface area contributed by atoms with Gasteiger partial charge in [-0.15, -0.1) is 12.4 Å². The number of nitrogens with one attached hydrogen (secondary N) is 3. The maximum absolute atomic E-state index is 11.9. The molecule has 6 nitrogen and oxygen atoms in total. The molecular formula is C12H22BrClN4O2. The van der Waals surface area contributed by atoms with Gasteiger partial charge in [0.05, 0.1) is 16.8 Å². The lowest BCUT2D eigenvalue weighted by molar-refractivity contribution is 0.0948. The van der Waals surface area contributed by atoms with E-state index in [1.807, 2.05) is 13.8 Å². The molecule has 1 amide bonds. The molecule has 0 bridgehead atoms. The molecule has 0 radical (unpaired) electrons. The molecule has 0 spiro atoms. The summed E-state index contributed by atoms with van der Waals surface area (Å²) in [6.07, 6.45) is 0. The van der Waals surface area contributed by atoms with Gasteiger partial charge >= 0.3 is 0 Å². The van der Waals surface area contributed by atoms with E-state index in [-0.39, 0.29) is 18.3 Å². The third-order valence-electron chi connectivity index (χ3n) is 2.60. The minimum absolute atomic E-state index is 0. The number of rotatable bonds is 8. The molecule has 20 heavy (non-hydrogen) atoms. The van der Waals surface area contributed by atoms with Crippen LogP contribution >= 0.6 is 28.3 Å². The van der Waals surface area contributed by atoms with Crippen LogP contribution in [0.4, 0.5) is 0 Å². The summed E-state index contributed by atoms with van der Waals surface area (Å²) in [6, 6.07) is 0. The normalized spacial score (nSPS) is 10.4. The first-order valence-electron chi connectivity index (χ1n) is 6.29. The molecule has 1 rings (SSSR count). The van der Waals surface area contributed by atoms with Crippen molar-refractivity contribution in [1.82, 2.24) is 20.8 Å². The predicted octanol–water partition coefficient (Wildman–Crippen LogP) is 1.68. The highest BCUT2D eigenvalue weighted by Gasteiger charge is 2.18. The molecule has 0 fully saturated rings. The van der Waals surface area contributed by atoms with Gasteiger partial charge in [0.25, 0.3) is 5.91 Å². The van der Waals surface area contributed by atoms with Crippen molar-refractivity contribution in [2.24, 2.45) is 0 Å². The van der Waals surface area contributed by atoms with Crippen molar-refractivity contribution in [3.8, 4) is 0 Å². The van der Waals surface area contributed by atoms with Gasteiger partial charge in [-0.05, 0) is 21.8 Å². The van der Waals surface area contributed by atoms with Crippen LogP contribution in [0.2, 0.25) is 0 Å². The maximum atomic E-state index is 11.9. The Morgan fingerprint density at radius 1 is 1.40 bits per heavy atom. The molecule has 0 aliphatic heterocycles. The highest BCUT2D eigenvalue weighted by molar-refractivity contribution is 9.10. The Morgan fingerprint density at radius 3 is 2.65 bits per heavy atom. The topological polar surface area (TPSA) is 79.0 Å². The summed E-state index contributed by atoms with van der Waals surface area (Å²) >= 11 is 3.41. The van der Waals surface area contributed by atoms with Gasteiger partial charge < -0.3 is 15.4 Å². The summed E-state index contributed by atoms with van der Waals surface area (Å²) < 4.78 is 5.65. The SMILES string of the molecule is COCCNCCNC(=O)c1n[nH]c(C(C)C)c1Br.Cl. The molecule has 1 aromatic rings. The maximum Gasteiger partial charge on any atom is 0.273 e. The second-order valence-corrected chi connectivity index (χ2v) is 5.25. The zero-order valence-corrected chi connectivity index (χ0v) is 14.4. The average Bonchev–Trinajstić information content (AvgIpc) is 2.75. The molecule has 0 saturated carbocycles. The van der Waals surface area contributed by atoms with Crippen molar-refractivity contribution in [2.75, 3.05) is 33.4 Å². The highest BCUT2D eigenvalue weighted by Crippen LogP contribution is 2.25. The molecule has 0 aliphatic carbocycles. The second-order valence-electron chi connectivity index (χ2n) is 4.45. The fraction of sp³-hybridized carbons (Fsp3) is 0.667. The van der Waals surface area contributed by atoms with Crippen LogP contribution in [0, 0.1) is 0 Å². The van der Waals surface area contributed by atoms with E-state index in [1.54, 1.807) is 7.11 Å². The Bertz CT molecular complexity index is 412.